The molecule has 1 N–H and O–H groups in total. The van der Waals surface area contributed by atoms with Crippen LogP contribution >= 0.6 is 0 Å². The van der Waals surface area contributed by atoms with Crippen molar-refractivity contribution in [2.75, 3.05) is 0 Å². The fourth-order valence-corrected chi connectivity index (χ4v) is 1.72. The van der Waals surface area contributed by atoms with Crippen molar-refractivity contribution < 1.29 is 26.1 Å². The standard InChI is InChI=1S/C9H7F3O3S/c10-9(11,12)6-5-7-3-1-2-4-8(7)16(13,14)15/h1-6H,(H,13,14,15). The van der Waals surface area contributed by atoms with Gasteiger partial charge in [-0.2, -0.15) is 21.6 Å². The zero-order chi connectivity index (χ0) is 12.4. The van der Waals surface area contributed by atoms with E-state index >= 15 is 0 Å². The van der Waals surface area contributed by atoms with Gasteiger partial charge in [0.25, 0.3) is 10.1 Å². The van der Waals surface area contributed by atoms with Crippen molar-refractivity contribution >= 4 is 16.2 Å². The van der Waals surface area contributed by atoms with Crippen LogP contribution in [-0.2, 0) is 10.1 Å². The molecule has 0 atom stereocenters. The van der Waals surface area contributed by atoms with Crippen LogP contribution in [0.25, 0.3) is 6.08 Å². The highest BCUT2D eigenvalue weighted by molar-refractivity contribution is 7.85. The zero-order valence-corrected chi connectivity index (χ0v) is 8.59. The summed E-state index contributed by atoms with van der Waals surface area (Å²) in [5.41, 5.74) is -0.220. The van der Waals surface area contributed by atoms with Crippen molar-refractivity contribution in [2.24, 2.45) is 0 Å². The van der Waals surface area contributed by atoms with Crippen LogP contribution in [0.5, 0.6) is 0 Å². The minimum Gasteiger partial charge on any atom is -0.282 e. The fourth-order valence-electron chi connectivity index (χ4n) is 1.04. The minimum absolute atomic E-state index is 0.100. The van der Waals surface area contributed by atoms with E-state index in [0.717, 1.165) is 12.1 Å². The SMILES string of the molecule is O=S(=O)(O)c1ccccc1C=CC(F)(F)F. The molecule has 88 valence electrons. The van der Waals surface area contributed by atoms with Gasteiger partial charge < -0.3 is 0 Å². The van der Waals surface area contributed by atoms with Gasteiger partial charge in [-0.25, -0.2) is 0 Å². The number of rotatable bonds is 2. The Bertz CT molecular complexity index is 503. The molecular weight excluding hydrogens is 245 g/mol. The van der Waals surface area contributed by atoms with Gasteiger partial charge in [-0.05, 0) is 17.7 Å². The van der Waals surface area contributed by atoms with Gasteiger partial charge in [-0.15, -0.1) is 0 Å². The monoisotopic (exact) mass is 252 g/mol. The van der Waals surface area contributed by atoms with Crippen molar-refractivity contribution in [3.05, 3.63) is 35.9 Å². The Hall–Kier alpha value is -1.34. The lowest BCUT2D eigenvalue weighted by atomic mass is 10.2. The van der Waals surface area contributed by atoms with Crippen LogP contribution in [0, 0.1) is 0 Å². The van der Waals surface area contributed by atoms with Crippen LogP contribution in [-0.4, -0.2) is 19.1 Å². The number of hydrogen-bond donors (Lipinski definition) is 1. The molecule has 3 nitrogen and oxygen atoms in total. The third-order valence-electron chi connectivity index (χ3n) is 1.65. The molecule has 1 aromatic rings. The van der Waals surface area contributed by atoms with E-state index in [1.165, 1.54) is 12.1 Å². The van der Waals surface area contributed by atoms with E-state index in [2.05, 4.69) is 0 Å². The smallest absolute Gasteiger partial charge is 0.282 e. The molecule has 0 aromatic heterocycles. The predicted octanol–water partition coefficient (Wildman–Crippen LogP) is 2.51. The van der Waals surface area contributed by atoms with Crippen LogP contribution in [0.3, 0.4) is 0 Å². The molecule has 0 bridgehead atoms. The molecule has 7 heteroatoms. The van der Waals surface area contributed by atoms with Crippen LogP contribution < -0.4 is 0 Å². The Kier molecular flexibility index (Phi) is 3.39. The van der Waals surface area contributed by atoms with Crippen molar-refractivity contribution in [3.8, 4) is 0 Å². The van der Waals surface area contributed by atoms with E-state index in [0.29, 0.717) is 6.08 Å². The first-order valence-electron chi connectivity index (χ1n) is 4.03. The normalized spacial score (nSPS) is 13.2. The van der Waals surface area contributed by atoms with E-state index in [1.807, 2.05) is 0 Å². The Morgan fingerprint density at radius 3 is 2.25 bits per heavy atom. The van der Waals surface area contributed by atoms with Crippen molar-refractivity contribution in [1.29, 1.82) is 0 Å². The summed E-state index contributed by atoms with van der Waals surface area (Å²) in [6.45, 7) is 0. The van der Waals surface area contributed by atoms with Gasteiger partial charge in [-0.1, -0.05) is 18.2 Å². The van der Waals surface area contributed by atoms with Gasteiger partial charge in [0.2, 0.25) is 0 Å². The Morgan fingerprint density at radius 1 is 1.19 bits per heavy atom. The number of benzene rings is 1. The second-order valence-electron chi connectivity index (χ2n) is 2.89. The van der Waals surface area contributed by atoms with E-state index in [-0.39, 0.29) is 11.6 Å². The Balaban J connectivity index is 3.21. The summed E-state index contributed by atoms with van der Waals surface area (Å²) in [6, 6.07) is 4.84. The molecule has 0 aliphatic heterocycles. The molecule has 0 spiro atoms. The predicted molar refractivity (Wildman–Crippen MR) is 51.3 cm³/mol. The van der Waals surface area contributed by atoms with Gasteiger partial charge in [0.05, 0.1) is 0 Å². The average molecular weight is 252 g/mol. The third kappa shape index (κ3) is 3.67. The number of allylic oxidation sites excluding steroid dienone is 1. The first kappa shape index (κ1) is 12.7. The first-order valence-corrected chi connectivity index (χ1v) is 5.47. The minimum atomic E-state index is -4.54. The summed E-state index contributed by atoms with van der Waals surface area (Å²) < 4.78 is 66.0. The van der Waals surface area contributed by atoms with Gasteiger partial charge in [0.1, 0.15) is 4.90 Å². The molecule has 1 aromatic carbocycles. The van der Waals surface area contributed by atoms with Crippen LogP contribution in [0.4, 0.5) is 13.2 Å². The largest absolute Gasteiger partial charge is 0.409 e. The van der Waals surface area contributed by atoms with Crippen LogP contribution in [0.15, 0.2) is 35.2 Å². The van der Waals surface area contributed by atoms with Crippen LogP contribution in [0.1, 0.15) is 5.56 Å². The summed E-state index contributed by atoms with van der Waals surface area (Å²) in [5, 5.41) is 0. The summed E-state index contributed by atoms with van der Waals surface area (Å²) in [7, 11) is -4.52. The molecule has 1 rings (SSSR count). The molecule has 16 heavy (non-hydrogen) atoms. The molecule has 0 aliphatic carbocycles. The maximum absolute atomic E-state index is 11.9. The summed E-state index contributed by atoms with van der Waals surface area (Å²) in [6.07, 6.45) is -4.05. The fraction of sp³-hybridized carbons (Fsp3) is 0.111. The summed E-state index contributed by atoms with van der Waals surface area (Å²) >= 11 is 0. The molecule has 0 saturated heterocycles. The second-order valence-corrected chi connectivity index (χ2v) is 4.28. The number of halogens is 3. The molecule has 0 heterocycles. The van der Waals surface area contributed by atoms with E-state index in [9.17, 15) is 21.6 Å². The lowest BCUT2D eigenvalue weighted by Gasteiger charge is -2.02. The Labute approximate surface area is 90.0 Å². The van der Waals surface area contributed by atoms with Gasteiger partial charge >= 0.3 is 6.18 Å². The maximum atomic E-state index is 11.9. The Morgan fingerprint density at radius 2 is 1.75 bits per heavy atom. The third-order valence-corrected chi connectivity index (χ3v) is 2.58. The molecule has 0 amide bonds. The molecular formula is C9H7F3O3S. The van der Waals surface area contributed by atoms with E-state index in [4.69, 9.17) is 4.55 Å². The maximum Gasteiger partial charge on any atom is 0.409 e. The number of alkyl halides is 3. The highest BCUT2D eigenvalue weighted by Gasteiger charge is 2.22. The quantitative estimate of drug-likeness (QED) is 0.823. The first-order chi connectivity index (χ1) is 7.20. The summed E-state index contributed by atoms with van der Waals surface area (Å²) in [4.78, 5) is -0.560. The van der Waals surface area contributed by atoms with E-state index in [1.54, 1.807) is 0 Å². The second kappa shape index (κ2) is 4.26. The topological polar surface area (TPSA) is 54.4 Å². The summed E-state index contributed by atoms with van der Waals surface area (Å²) in [5.74, 6) is 0. The zero-order valence-electron chi connectivity index (χ0n) is 7.77. The molecule has 0 radical (unpaired) electrons. The lowest BCUT2D eigenvalue weighted by molar-refractivity contribution is -0.0790. The average Bonchev–Trinajstić information content (AvgIpc) is 2.12. The molecule has 0 fully saturated rings. The van der Waals surface area contributed by atoms with Crippen molar-refractivity contribution in [2.45, 2.75) is 11.1 Å². The van der Waals surface area contributed by atoms with Gasteiger partial charge in [0, 0.05) is 6.08 Å². The number of hydrogen-bond acceptors (Lipinski definition) is 2. The highest BCUT2D eigenvalue weighted by atomic mass is 32.2. The molecule has 0 saturated carbocycles. The van der Waals surface area contributed by atoms with Crippen LogP contribution in [0.2, 0.25) is 0 Å². The lowest BCUT2D eigenvalue weighted by Crippen LogP contribution is -2.03. The van der Waals surface area contributed by atoms with Gasteiger partial charge in [-0.3, -0.25) is 4.55 Å². The van der Waals surface area contributed by atoms with Crippen molar-refractivity contribution in [1.82, 2.24) is 0 Å². The molecule has 0 aliphatic rings. The van der Waals surface area contributed by atoms with Gasteiger partial charge in [0.15, 0.2) is 0 Å². The van der Waals surface area contributed by atoms with E-state index < -0.39 is 21.2 Å². The molecule has 0 unspecified atom stereocenters. The highest BCUT2D eigenvalue weighted by Crippen LogP contribution is 2.21. The van der Waals surface area contributed by atoms with Crippen molar-refractivity contribution in [3.63, 3.8) is 0 Å².